The van der Waals surface area contributed by atoms with Gasteiger partial charge in [-0.3, -0.25) is 10.2 Å². The van der Waals surface area contributed by atoms with Crippen LogP contribution < -0.4 is 14.4 Å². The molecule has 9 nitrogen and oxygen atoms in total. The van der Waals surface area contributed by atoms with Crippen LogP contribution in [0.2, 0.25) is 0 Å². The second kappa shape index (κ2) is 8.41. The molecule has 1 aromatic heterocycles. The predicted octanol–water partition coefficient (Wildman–Crippen LogP) is 4.24. The molecule has 0 aliphatic carbocycles. The lowest BCUT2D eigenvalue weighted by molar-refractivity contribution is 0.0423. The first kappa shape index (κ1) is 22.7. The Morgan fingerprint density at radius 1 is 1.00 bits per heavy atom. The van der Waals surface area contributed by atoms with Gasteiger partial charge in [0.05, 0.1) is 49.6 Å². The minimum atomic E-state index is -1.03. The molecule has 0 bridgehead atoms. The molecule has 0 radical (unpaired) electrons. The number of methoxy groups -OCH3 is 2. The number of anilines is 1. The number of hydrogen-bond acceptors (Lipinski definition) is 6. The number of nitrogens with one attached hydrogen (secondary N) is 2. The molecule has 2 aliphatic rings. The number of amidine groups is 1. The number of aliphatic hydroxyl groups is 1. The average Bonchev–Trinajstić information content (AvgIpc) is 3.43. The van der Waals surface area contributed by atoms with Gasteiger partial charge in [-0.25, -0.2) is 4.98 Å². The summed E-state index contributed by atoms with van der Waals surface area (Å²) in [5, 5.41) is 20.9. The monoisotopic (exact) mass is 495 g/mol. The number of carbonyl (C=O) groups is 1. The Morgan fingerprint density at radius 2 is 1.65 bits per heavy atom. The first-order chi connectivity index (χ1) is 17.9. The lowest BCUT2D eigenvalue weighted by Gasteiger charge is -2.52. The number of benzene rings is 3. The van der Waals surface area contributed by atoms with Crippen molar-refractivity contribution in [3.8, 4) is 11.5 Å². The van der Waals surface area contributed by atoms with E-state index in [0.29, 0.717) is 34.1 Å². The Kier molecular flexibility index (Phi) is 5.15. The fourth-order valence-electron chi connectivity index (χ4n) is 5.15. The molecule has 2 aliphatic heterocycles. The first-order valence-electron chi connectivity index (χ1n) is 11.8. The summed E-state index contributed by atoms with van der Waals surface area (Å²) in [5.41, 5.74) is 1.97. The highest BCUT2D eigenvalue weighted by molar-refractivity contribution is 6.32. The van der Waals surface area contributed by atoms with Crippen molar-refractivity contribution in [3.63, 3.8) is 0 Å². The lowest BCUT2D eigenvalue weighted by atomic mass is 9.85. The van der Waals surface area contributed by atoms with Gasteiger partial charge in [0.25, 0.3) is 5.91 Å². The van der Waals surface area contributed by atoms with Crippen LogP contribution in [0.4, 0.5) is 5.69 Å². The van der Waals surface area contributed by atoms with Gasteiger partial charge in [-0.05, 0) is 24.3 Å². The number of aromatic nitrogens is 2. The number of likely N-dealkylation sites (tertiary alicyclic amines) is 1. The Labute approximate surface area is 213 Å². The summed E-state index contributed by atoms with van der Waals surface area (Å²) in [6.45, 7) is 0.385. The second-order valence-corrected chi connectivity index (χ2v) is 9.14. The number of aromatic amines is 1. The molecule has 0 atom stereocenters. The summed E-state index contributed by atoms with van der Waals surface area (Å²) in [5.74, 6) is 1.42. The highest BCUT2D eigenvalue weighted by Crippen LogP contribution is 2.48. The van der Waals surface area contributed by atoms with Crippen molar-refractivity contribution in [1.29, 1.82) is 5.41 Å². The maximum atomic E-state index is 13.2. The molecule has 1 fully saturated rings. The van der Waals surface area contributed by atoms with E-state index in [1.54, 1.807) is 54.4 Å². The van der Waals surface area contributed by atoms with E-state index < -0.39 is 5.54 Å². The SMILES string of the molecule is COc1cc(OC)cc(N2C(=N)C(c3nc4ccccc4[nH]3)=C(O)C23CN(C(=O)c2ccccc2)C3)c1. The van der Waals surface area contributed by atoms with Gasteiger partial charge < -0.3 is 29.4 Å². The van der Waals surface area contributed by atoms with Crippen LogP contribution in [0.25, 0.3) is 16.6 Å². The van der Waals surface area contributed by atoms with Gasteiger partial charge in [0.15, 0.2) is 0 Å². The molecule has 4 aromatic rings. The molecule has 0 unspecified atom stereocenters. The fourth-order valence-corrected chi connectivity index (χ4v) is 5.15. The maximum absolute atomic E-state index is 13.2. The molecule has 1 amide bonds. The summed E-state index contributed by atoms with van der Waals surface area (Å²) in [7, 11) is 3.12. The Balaban J connectivity index is 1.46. The van der Waals surface area contributed by atoms with Gasteiger partial charge in [-0.15, -0.1) is 0 Å². The number of amides is 1. The lowest BCUT2D eigenvalue weighted by Crippen LogP contribution is -2.71. The minimum Gasteiger partial charge on any atom is -0.509 e. The van der Waals surface area contributed by atoms with Crippen LogP contribution in [0.15, 0.2) is 78.6 Å². The number of ether oxygens (including phenoxy) is 2. The number of imidazole rings is 1. The van der Waals surface area contributed by atoms with Crippen LogP contribution >= 0.6 is 0 Å². The number of rotatable bonds is 5. The Hall–Kier alpha value is -4.79. The maximum Gasteiger partial charge on any atom is 0.254 e. The Bertz CT molecular complexity index is 1510. The zero-order valence-corrected chi connectivity index (χ0v) is 20.4. The third-order valence-corrected chi connectivity index (χ3v) is 7.00. The molecule has 3 N–H and O–H groups in total. The number of H-pyrrole nitrogens is 1. The standard InChI is InChI=1S/C28H25N5O4/c1-36-19-12-18(13-20(14-19)37-2)33-25(29)23(26-30-21-10-6-7-11-22(21)31-26)24(34)28(33)15-32(16-28)27(35)17-8-4-3-5-9-17/h3-14,29,34H,15-16H2,1-2H3,(H,30,31). The van der Waals surface area contributed by atoms with Crippen molar-refractivity contribution < 1.29 is 19.4 Å². The largest absolute Gasteiger partial charge is 0.509 e. The molecule has 6 rings (SSSR count). The van der Waals surface area contributed by atoms with Gasteiger partial charge in [-0.2, -0.15) is 0 Å². The quantitative estimate of drug-likeness (QED) is 0.382. The normalized spacial score (nSPS) is 16.4. The molecule has 3 aromatic carbocycles. The minimum absolute atomic E-state index is 0.00421. The number of fused-ring (bicyclic) bond motifs is 1. The van der Waals surface area contributed by atoms with Crippen molar-refractivity contribution in [1.82, 2.24) is 14.9 Å². The van der Waals surface area contributed by atoms with E-state index in [2.05, 4.69) is 9.97 Å². The van der Waals surface area contributed by atoms with E-state index >= 15 is 0 Å². The van der Waals surface area contributed by atoms with E-state index in [4.69, 9.17) is 9.47 Å². The molecule has 1 saturated heterocycles. The number of carbonyl (C=O) groups excluding carboxylic acids is 1. The topological polar surface area (TPSA) is 115 Å². The van der Waals surface area contributed by atoms with Gasteiger partial charge in [0, 0.05) is 23.8 Å². The summed E-state index contributed by atoms with van der Waals surface area (Å²) >= 11 is 0. The highest BCUT2D eigenvalue weighted by Gasteiger charge is 2.60. The molecule has 1 spiro atoms. The zero-order valence-electron chi connectivity index (χ0n) is 20.4. The van der Waals surface area contributed by atoms with Crippen LogP contribution in [0.1, 0.15) is 16.2 Å². The molecule has 186 valence electrons. The summed E-state index contributed by atoms with van der Waals surface area (Å²) in [6.07, 6.45) is 0. The third kappa shape index (κ3) is 3.42. The van der Waals surface area contributed by atoms with E-state index in [1.807, 2.05) is 42.5 Å². The summed E-state index contributed by atoms with van der Waals surface area (Å²) < 4.78 is 10.9. The van der Waals surface area contributed by atoms with E-state index in [1.165, 1.54) is 0 Å². The molecular weight excluding hydrogens is 470 g/mol. The third-order valence-electron chi connectivity index (χ3n) is 7.00. The van der Waals surface area contributed by atoms with Gasteiger partial charge in [0.2, 0.25) is 0 Å². The van der Waals surface area contributed by atoms with Gasteiger partial charge in [-0.1, -0.05) is 30.3 Å². The van der Waals surface area contributed by atoms with Gasteiger partial charge >= 0.3 is 0 Å². The van der Waals surface area contributed by atoms with E-state index in [9.17, 15) is 15.3 Å². The van der Waals surface area contributed by atoms with Crippen molar-refractivity contribution in [2.24, 2.45) is 0 Å². The smallest absolute Gasteiger partial charge is 0.254 e. The van der Waals surface area contributed by atoms with Gasteiger partial charge in [0.1, 0.15) is 34.5 Å². The average molecular weight is 496 g/mol. The van der Waals surface area contributed by atoms with Crippen LogP contribution in [0, 0.1) is 5.41 Å². The van der Waals surface area contributed by atoms with E-state index in [0.717, 1.165) is 11.0 Å². The molecule has 0 saturated carbocycles. The number of aliphatic hydroxyl groups excluding tert-OH is 1. The first-order valence-corrected chi connectivity index (χ1v) is 11.8. The van der Waals surface area contributed by atoms with Crippen molar-refractivity contribution in [2.45, 2.75) is 5.54 Å². The molecule has 3 heterocycles. The van der Waals surface area contributed by atoms with Crippen LogP contribution in [-0.2, 0) is 0 Å². The summed E-state index contributed by atoms with van der Waals surface area (Å²) in [6, 6.07) is 21.9. The van der Waals surface area contributed by atoms with Crippen LogP contribution in [0.3, 0.4) is 0 Å². The van der Waals surface area contributed by atoms with Crippen LogP contribution in [-0.4, -0.2) is 64.6 Å². The Morgan fingerprint density at radius 3 is 2.30 bits per heavy atom. The van der Waals surface area contributed by atoms with Crippen molar-refractivity contribution in [3.05, 3.63) is 89.9 Å². The van der Waals surface area contributed by atoms with Crippen LogP contribution in [0.5, 0.6) is 11.5 Å². The second-order valence-electron chi connectivity index (χ2n) is 9.14. The van der Waals surface area contributed by atoms with Crippen molar-refractivity contribution in [2.75, 3.05) is 32.2 Å². The fraction of sp³-hybridized carbons (Fsp3) is 0.179. The highest BCUT2D eigenvalue weighted by atomic mass is 16.5. The molecule has 9 heteroatoms. The van der Waals surface area contributed by atoms with E-state index in [-0.39, 0.29) is 30.6 Å². The summed E-state index contributed by atoms with van der Waals surface area (Å²) in [4.78, 5) is 24.5. The molecule has 37 heavy (non-hydrogen) atoms. The van der Waals surface area contributed by atoms with Crippen molar-refractivity contribution >= 4 is 34.0 Å². The predicted molar refractivity (Wildman–Crippen MR) is 140 cm³/mol. The number of hydrogen-bond donors (Lipinski definition) is 3. The zero-order chi connectivity index (χ0) is 25.7. The number of nitrogens with zero attached hydrogens (tertiary/aromatic N) is 3. The number of para-hydroxylation sites is 2. The molecular formula is C28H25N5O4.